The first-order chi connectivity index (χ1) is 13.5. The minimum Gasteiger partial charge on any atom is -0.489 e. The summed E-state index contributed by atoms with van der Waals surface area (Å²) in [6.07, 6.45) is 1.79. The molecule has 28 heavy (non-hydrogen) atoms. The average Bonchev–Trinajstić information content (AvgIpc) is 2.73. The van der Waals surface area contributed by atoms with Gasteiger partial charge >= 0.3 is 0 Å². The van der Waals surface area contributed by atoms with Gasteiger partial charge in [-0.1, -0.05) is 50.2 Å². The Labute approximate surface area is 166 Å². The lowest BCUT2D eigenvalue weighted by atomic mass is 10.0. The summed E-state index contributed by atoms with van der Waals surface area (Å²) in [5.41, 5.74) is 1.53. The van der Waals surface area contributed by atoms with Crippen molar-refractivity contribution in [1.29, 1.82) is 0 Å². The second-order valence-corrected chi connectivity index (χ2v) is 7.51. The Hall–Kier alpha value is -2.82. The van der Waals surface area contributed by atoms with E-state index in [4.69, 9.17) is 4.74 Å². The maximum absolute atomic E-state index is 13.2. The van der Waals surface area contributed by atoms with Crippen LogP contribution in [0.2, 0.25) is 0 Å². The quantitative estimate of drug-likeness (QED) is 0.832. The second-order valence-electron chi connectivity index (χ2n) is 7.51. The van der Waals surface area contributed by atoms with Gasteiger partial charge in [0.15, 0.2) is 0 Å². The molecule has 0 bridgehead atoms. The maximum atomic E-state index is 13.2. The van der Waals surface area contributed by atoms with Crippen LogP contribution >= 0.6 is 0 Å². The third-order valence-electron chi connectivity index (χ3n) is 4.96. The van der Waals surface area contributed by atoms with Crippen molar-refractivity contribution in [2.24, 2.45) is 5.92 Å². The van der Waals surface area contributed by atoms with E-state index in [9.17, 15) is 9.59 Å². The SMILES string of the molecule is CC(C)C(=O)NC1CCCN(C(=O)c2ccccc2COc2ccccc2)C1. The number of hydrogen-bond acceptors (Lipinski definition) is 3. The molecule has 3 rings (SSSR count). The van der Waals surface area contributed by atoms with E-state index in [1.807, 2.05) is 73.3 Å². The van der Waals surface area contributed by atoms with Crippen LogP contribution in [0.5, 0.6) is 5.75 Å². The Morgan fingerprint density at radius 1 is 1.11 bits per heavy atom. The largest absolute Gasteiger partial charge is 0.489 e. The highest BCUT2D eigenvalue weighted by Crippen LogP contribution is 2.19. The molecule has 2 aromatic carbocycles. The van der Waals surface area contributed by atoms with Gasteiger partial charge in [-0.05, 0) is 31.0 Å². The predicted octanol–water partition coefficient (Wildman–Crippen LogP) is 3.64. The topological polar surface area (TPSA) is 58.6 Å². The highest BCUT2D eigenvalue weighted by molar-refractivity contribution is 5.95. The molecule has 1 heterocycles. The first-order valence-corrected chi connectivity index (χ1v) is 9.90. The molecule has 5 nitrogen and oxygen atoms in total. The highest BCUT2D eigenvalue weighted by atomic mass is 16.5. The summed E-state index contributed by atoms with van der Waals surface area (Å²) in [7, 11) is 0. The van der Waals surface area contributed by atoms with Crippen LogP contribution < -0.4 is 10.1 Å². The Bertz CT molecular complexity index is 805. The zero-order chi connectivity index (χ0) is 19.9. The lowest BCUT2D eigenvalue weighted by Crippen LogP contribution is -2.50. The molecule has 1 aliphatic rings. The molecule has 1 aliphatic heterocycles. The molecule has 2 amide bonds. The van der Waals surface area contributed by atoms with Crippen LogP contribution in [0.25, 0.3) is 0 Å². The smallest absolute Gasteiger partial charge is 0.254 e. The van der Waals surface area contributed by atoms with E-state index < -0.39 is 0 Å². The number of nitrogens with one attached hydrogen (secondary N) is 1. The van der Waals surface area contributed by atoms with E-state index in [2.05, 4.69) is 5.32 Å². The fourth-order valence-electron chi connectivity index (χ4n) is 3.35. The Morgan fingerprint density at radius 2 is 1.82 bits per heavy atom. The van der Waals surface area contributed by atoms with Crippen molar-refractivity contribution in [3.8, 4) is 5.75 Å². The standard InChI is InChI=1S/C23H28N2O3/c1-17(2)22(26)24-19-10-8-14-25(15-19)23(27)21-13-7-6-9-18(21)16-28-20-11-4-3-5-12-20/h3-7,9,11-13,17,19H,8,10,14-16H2,1-2H3,(H,24,26). The Balaban J connectivity index is 1.67. The molecule has 0 radical (unpaired) electrons. The zero-order valence-electron chi connectivity index (χ0n) is 16.6. The summed E-state index contributed by atoms with van der Waals surface area (Å²) in [6.45, 7) is 5.35. The molecule has 1 N–H and O–H groups in total. The summed E-state index contributed by atoms with van der Waals surface area (Å²) >= 11 is 0. The molecule has 5 heteroatoms. The number of carbonyl (C=O) groups excluding carboxylic acids is 2. The van der Waals surface area contributed by atoms with Crippen molar-refractivity contribution in [3.63, 3.8) is 0 Å². The normalized spacial score (nSPS) is 16.7. The van der Waals surface area contributed by atoms with Gasteiger partial charge in [-0.15, -0.1) is 0 Å². The van der Waals surface area contributed by atoms with Crippen LogP contribution in [-0.2, 0) is 11.4 Å². The first-order valence-electron chi connectivity index (χ1n) is 9.90. The molecular weight excluding hydrogens is 352 g/mol. The number of piperidine rings is 1. The number of hydrogen-bond donors (Lipinski definition) is 1. The van der Waals surface area contributed by atoms with Gasteiger partial charge in [0.25, 0.3) is 5.91 Å². The van der Waals surface area contributed by atoms with E-state index in [1.165, 1.54) is 0 Å². The molecule has 0 aliphatic carbocycles. The molecule has 148 valence electrons. The molecular formula is C23H28N2O3. The van der Waals surface area contributed by atoms with Crippen LogP contribution in [0.1, 0.15) is 42.6 Å². The molecule has 0 spiro atoms. The molecule has 1 unspecified atom stereocenters. The summed E-state index contributed by atoms with van der Waals surface area (Å²) < 4.78 is 5.84. The van der Waals surface area contributed by atoms with Gasteiger partial charge in [0.05, 0.1) is 0 Å². The number of ether oxygens (including phenoxy) is 1. The lowest BCUT2D eigenvalue weighted by Gasteiger charge is -2.34. The first kappa shape index (κ1) is 19.9. The summed E-state index contributed by atoms with van der Waals surface area (Å²) in [5.74, 6) is 0.757. The number of rotatable bonds is 6. The van der Waals surface area contributed by atoms with Crippen LogP contribution in [0.3, 0.4) is 0 Å². The molecule has 1 atom stereocenters. The fraction of sp³-hybridized carbons (Fsp3) is 0.391. The van der Waals surface area contributed by atoms with Gasteiger partial charge in [0, 0.05) is 36.2 Å². The highest BCUT2D eigenvalue weighted by Gasteiger charge is 2.27. The van der Waals surface area contributed by atoms with Gasteiger partial charge in [0.2, 0.25) is 5.91 Å². The van der Waals surface area contributed by atoms with Crippen molar-refractivity contribution in [2.75, 3.05) is 13.1 Å². The van der Waals surface area contributed by atoms with Crippen molar-refractivity contribution < 1.29 is 14.3 Å². The van der Waals surface area contributed by atoms with E-state index in [0.717, 1.165) is 24.2 Å². The number of benzene rings is 2. The van der Waals surface area contributed by atoms with Gasteiger partial charge in [0.1, 0.15) is 12.4 Å². The lowest BCUT2D eigenvalue weighted by molar-refractivity contribution is -0.125. The summed E-state index contributed by atoms with van der Waals surface area (Å²) in [5, 5.41) is 3.06. The molecule has 2 aromatic rings. The minimum atomic E-state index is -0.0538. The third kappa shape index (κ3) is 5.12. The zero-order valence-corrected chi connectivity index (χ0v) is 16.6. The number of carbonyl (C=O) groups is 2. The Morgan fingerprint density at radius 3 is 2.57 bits per heavy atom. The monoisotopic (exact) mass is 380 g/mol. The average molecular weight is 380 g/mol. The van der Waals surface area contributed by atoms with Crippen LogP contribution in [0.4, 0.5) is 0 Å². The second kappa shape index (κ2) is 9.40. The number of nitrogens with zero attached hydrogens (tertiary/aromatic N) is 1. The summed E-state index contributed by atoms with van der Waals surface area (Å²) in [4.78, 5) is 27.0. The van der Waals surface area contributed by atoms with E-state index in [0.29, 0.717) is 25.3 Å². The van der Waals surface area contributed by atoms with Gasteiger partial charge in [-0.25, -0.2) is 0 Å². The molecule has 0 saturated carbocycles. The van der Waals surface area contributed by atoms with E-state index >= 15 is 0 Å². The van der Waals surface area contributed by atoms with Gasteiger partial charge in [-0.3, -0.25) is 9.59 Å². The van der Waals surface area contributed by atoms with E-state index in [-0.39, 0.29) is 23.8 Å². The fourth-order valence-corrected chi connectivity index (χ4v) is 3.35. The van der Waals surface area contributed by atoms with Crippen LogP contribution in [-0.4, -0.2) is 35.8 Å². The van der Waals surface area contributed by atoms with Crippen LogP contribution in [0.15, 0.2) is 54.6 Å². The number of amides is 2. The third-order valence-corrected chi connectivity index (χ3v) is 4.96. The predicted molar refractivity (Wildman–Crippen MR) is 109 cm³/mol. The molecule has 0 aromatic heterocycles. The minimum absolute atomic E-state index is 0.00393. The number of likely N-dealkylation sites (tertiary alicyclic amines) is 1. The Kier molecular flexibility index (Phi) is 6.69. The molecule has 1 saturated heterocycles. The van der Waals surface area contributed by atoms with E-state index in [1.54, 1.807) is 0 Å². The van der Waals surface area contributed by atoms with Crippen molar-refractivity contribution >= 4 is 11.8 Å². The number of para-hydroxylation sites is 1. The molecule has 1 fully saturated rings. The van der Waals surface area contributed by atoms with Gasteiger partial charge < -0.3 is 15.0 Å². The van der Waals surface area contributed by atoms with Gasteiger partial charge in [-0.2, -0.15) is 0 Å². The van der Waals surface area contributed by atoms with Crippen molar-refractivity contribution in [1.82, 2.24) is 10.2 Å². The van der Waals surface area contributed by atoms with Crippen molar-refractivity contribution in [2.45, 2.75) is 39.3 Å². The van der Waals surface area contributed by atoms with Crippen molar-refractivity contribution in [3.05, 3.63) is 65.7 Å². The summed E-state index contributed by atoms with van der Waals surface area (Å²) in [6, 6.07) is 17.2. The van der Waals surface area contributed by atoms with Crippen LogP contribution in [0, 0.1) is 5.92 Å². The maximum Gasteiger partial charge on any atom is 0.254 e.